The summed E-state index contributed by atoms with van der Waals surface area (Å²) in [5, 5.41) is 3.55. The van der Waals surface area contributed by atoms with Gasteiger partial charge in [-0.25, -0.2) is 4.98 Å². The molecule has 0 amide bonds. The lowest BCUT2D eigenvalue weighted by Crippen LogP contribution is -2.45. The summed E-state index contributed by atoms with van der Waals surface area (Å²) in [5.74, 6) is 1.63. The van der Waals surface area contributed by atoms with Crippen LogP contribution in [0.2, 0.25) is 0 Å². The van der Waals surface area contributed by atoms with Crippen LogP contribution in [0.1, 0.15) is 11.1 Å². The van der Waals surface area contributed by atoms with Crippen LogP contribution in [0, 0.1) is 13.8 Å². The maximum absolute atomic E-state index is 4.90. The first-order valence-corrected chi connectivity index (χ1v) is 9.81. The third-order valence-electron chi connectivity index (χ3n) is 5.30. The van der Waals surface area contributed by atoms with Crippen molar-refractivity contribution < 1.29 is 0 Å². The molecule has 0 bridgehead atoms. The average molecular weight is 374 g/mol. The van der Waals surface area contributed by atoms with Crippen LogP contribution >= 0.6 is 0 Å². The predicted molar refractivity (Wildman–Crippen MR) is 116 cm³/mol. The largest absolute Gasteiger partial charge is 0.340 e. The zero-order valence-corrected chi connectivity index (χ0v) is 16.8. The Morgan fingerprint density at radius 3 is 2.18 bits per heavy atom. The molecule has 28 heavy (non-hydrogen) atoms. The number of likely N-dealkylation sites (N-methyl/N-ethyl adjacent to an activating group) is 1. The monoisotopic (exact) mass is 373 g/mol. The summed E-state index contributed by atoms with van der Waals surface area (Å²) in [6, 6.07) is 18.7. The van der Waals surface area contributed by atoms with Crippen LogP contribution in [-0.4, -0.2) is 48.1 Å². The average Bonchev–Trinajstić information content (AvgIpc) is 2.72. The van der Waals surface area contributed by atoms with Gasteiger partial charge in [0.05, 0.1) is 5.69 Å². The first kappa shape index (κ1) is 18.4. The normalized spacial score (nSPS) is 14.9. The minimum Gasteiger partial charge on any atom is -0.340 e. The van der Waals surface area contributed by atoms with Gasteiger partial charge in [-0.3, -0.25) is 0 Å². The van der Waals surface area contributed by atoms with Gasteiger partial charge in [0, 0.05) is 43.5 Å². The minimum atomic E-state index is 0.795. The van der Waals surface area contributed by atoms with Gasteiger partial charge in [0.25, 0.3) is 0 Å². The standard InChI is InChI=1S/C23H27N5/c1-17-8-7-9-18(2)22(17)25-21-16-20(19-10-5-4-6-11-19)24-23(26-21)28-14-12-27(3)13-15-28/h4-11,16H,12-15H2,1-3H3,(H,24,25,26). The molecule has 5 nitrogen and oxygen atoms in total. The van der Waals surface area contributed by atoms with Crippen molar-refractivity contribution in [3.8, 4) is 11.3 Å². The first-order chi connectivity index (χ1) is 13.6. The van der Waals surface area contributed by atoms with Crippen molar-refractivity contribution in [2.45, 2.75) is 13.8 Å². The van der Waals surface area contributed by atoms with Crippen LogP contribution in [0.4, 0.5) is 17.5 Å². The Labute approximate surface area is 167 Å². The molecule has 1 aromatic heterocycles. The van der Waals surface area contributed by atoms with E-state index in [1.807, 2.05) is 24.3 Å². The number of para-hydroxylation sites is 1. The smallest absolute Gasteiger partial charge is 0.227 e. The van der Waals surface area contributed by atoms with Crippen molar-refractivity contribution in [3.63, 3.8) is 0 Å². The lowest BCUT2D eigenvalue weighted by Gasteiger charge is -2.32. The van der Waals surface area contributed by atoms with E-state index in [-0.39, 0.29) is 0 Å². The quantitative estimate of drug-likeness (QED) is 0.740. The zero-order chi connectivity index (χ0) is 19.5. The number of nitrogens with zero attached hydrogens (tertiary/aromatic N) is 4. The maximum atomic E-state index is 4.90. The molecule has 2 aromatic carbocycles. The second kappa shape index (κ2) is 7.98. The predicted octanol–water partition coefficient (Wildman–Crippen LogP) is 4.26. The van der Waals surface area contributed by atoms with E-state index < -0.39 is 0 Å². The first-order valence-electron chi connectivity index (χ1n) is 9.81. The van der Waals surface area contributed by atoms with Gasteiger partial charge in [0.15, 0.2) is 0 Å². The van der Waals surface area contributed by atoms with Crippen molar-refractivity contribution in [1.82, 2.24) is 14.9 Å². The highest BCUT2D eigenvalue weighted by atomic mass is 15.3. The third-order valence-corrected chi connectivity index (χ3v) is 5.30. The molecule has 1 saturated heterocycles. The molecular weight excluding hydrogens is 346 g/mol. The molecule has 2 heterocycles. The number of aryl methyl sites for hydroxylation is 2. The molecule has 1 N–H and O–H groups in total. The van der Waals surface area contributed by atoms with Crippen molar-refractivity contribution >= 4 is 17.5 Å². The molecule has 0 spiro atoms. The Hall–Kier alpha value is -2.92. The Balaban J connectivity index is 1.74. The topological polar surface area (TPSA) is 44.3 Å². The molecule has 5 heteroatoms. The summed E-state index contributed by atoms with van der Waals surface area (Å²) < 4.78 is 0. The summed E-state index contributed by atoms with van der Waals surface area (Å²) in [5.41, 5.74) is 5.58. The Morgan fingerprint density at radius 1 is 0.821 bits per heavy atom. The fraction of sp³-hybridized carbons (Fsp3) is 0.304. The van der Waals surface area contributed by atoms with Crippen molar-refractivity contribution in [3.05, 3.63) is 65.7 Å². The Morgan fingerprint density at radius 2 is 1.50 bits per heavy atom. The van der Waals surface area contributed by atoms with E-state index in [4.69, 9.17) is 9.97 Å². The van der Waals surface area contributed by atoms with Crippen molar-refractivity contribution in [1.29, 1.82) is 0 Å². The van der Waals surface area contributed by atoms with E-state index in [1.165, 1.54) is 11.1 Å². The molecule has 1 fully saturated rings. The number of hydrogen-bond donors (Lipinski definition) is 1. The van der Waals surface area contributed by atoms with Gasteiger partial charge in [0.2, 0.25) is 5.95 Å². The van der Waals surface area contributed by atoms with E-state index in [9.17, 15) is 0 Å². The van der Waals surface area contributed by atoms with Gasteiger partial charge in [-0.1, -0.05) is 48.5 Å². The molecule has 4 rings (SSSR count). The van der Waals surface area contributed by atoms with Gasteiger partial charge in [0.1, 0.15) is 5.82 Å². The number of benzene rings is 2. The van der Waals surface area contributed by atoms with Gasteiger partial charge in [-0.2, -0.15) is 4.98 Å². The molecule has 1 aliphatic rings. The minimum absolute atomic E-state index is 0.795. The van der Waals surface area contributed by atoms with Crippen LogP contribution in [0.5, 0.6) is 0 Å². The van der Waals surface area contributed by atoms with E-state index in [2.05, 4.69) is 66.3 Å². The second-order valence-corrected chi connectivity index (χ2v) is 7.49. The molecular formula is C23H27N5. The van der Waals surface area contributed by atoms with Gasteiger partial charge in [-0.15, -0.1) is 0 Å². The number of aromatic nitrogens is 2. The fourth-order valence-electron chi connectivity index (χ4n) is 3.54. The Kier molecular flexibility index (Phi) is 5.26. The van der Waals surface area contributed by atoms with Gasteiger partial charge < -0.3 is 15.1 Å². The van der Waals surface area contributed by atoms with Crippen LogP contribution in [0.25, 0.3) is 11.3 Å². The molecule has 1 aliphatic heterocycles. The maximum Gasteiger partial charge on any atom is 0.227 e. The SMILES string of the molecule is Cc1cccc(C)c1Nc1cc(-c2ccccc2)nc(N2CCN(C)CC2)n1. The van der Waals surface area contributed by atoms with E-state index in [1.54, 1.807) is 0 Å². The number of anilines is 3. The summed E-state index contributed by atoms with van der Waals surface area (Å²) in [4.78, 5) is 14.4. The highest BCUT2D eigenvalue weighted by molar-refractivity contribution is 5.70. The molecule has 0 aliphatic carbocycles. The second-order valence-electron chi connectivity index (χ2n) is 7.49. The molecule has 144 valence electrons. The molecule has 0 saturated carbocycles. The fourth-order valence-corrected chi connectivity index (χ4v) is 3.54. The van der Waals surface area contributed by atoms with Crippen LogP contribution in [0.15, 0.2) is 54.6 Å². The highest BCUT2D eigenvalue weighted by Crippen LogP contribution is 2.28. The summed E-state index contributed by atoms with van der Waals surface area (Å²) in [6.45, 7) is 8.18. The van der Waals surface area contributed by atoms with Crippen LogP contribution in [-0.2, 0) is 0 Å². The highest BCUT2D eigenvalue weighted by Gasteiger charge is 2.18. The summed E-state index contributed by atoms with van der Waals surface area (Å²) in [7, 11) is 2.16. The van der Waals surface area contributed by atoms with E-state index in [0.717, 1.165) is 54.9 Å². The summed E-state index contributed by atoms with van der Waals surface area (Å²) in [6.07, 6.45) is 0. The number of nitrogens with one attached hydrogen (secondary N) is 1. The van der Waals surface area contributed by atoms with Gasteiger partial charge in [-0.05, 0) is 32.0 Å². The number of rotatable bonds is 4. The van der Waals surface area contributed by atoms with E-state index in [0.29, 0.717) is 0 Å². The van der Waals surface area contributed by atoms with E-state index >= 15 is 0 Å². The molecule has 0 unspecified atom stereocenters. The lowest BCUT2D eigenvalue weighted by atomic mass is 10.1. The number of piperazine rings is 1. The zero-order valence-electron chi connectivity index (χ0n) is 16.8. The molecule has 0 radical (unpaired) electrons. The summed E-state index contributed by atoms with van der Waals surface area (Å²) >= 11 is 0. The van der Waals surface area contributed by atoms with Crippen LogP contribution in [0.3, 0.4) is 0 Å². The number of hydrogen-bond acceptors (Lipinski definition) is 5. The van der Waals surface area contributed by atoms with Crippen molar-refractivity contribution in [2.24, 2.45) is 0 Å². The lowest BCUT2D eigenvalue weighted by molar-refractivity contribution is 0.311. The Bertz CT molecular complexity index is 926. The van der Waals surface area contributed by atoms with Crippen LogP contribution < -0.4 is 10.2 Å². The molecule has 3 aromatic rings. The van der Waals surface area contributed by atoms with Gasteiger partial charge >= 0.3 is 0 Å². The third kappa shape index (κ3) is 3.99. The van der Waals surface area contributed by atoms with Crippen molar-refractivity contribution in [2.75, 3.05) is 43.4 Å². The molecule has 0 atom stereocenters.